The van der Waals surface area contributed by atoms with Gasteiger partial charge in [0.1, 0.15) is 4.90 Å². The van der Waals surface area contributed by atoms with E-state index < -0.39 is 10.0 Å². The van der Waals surface area contributed by atoms with Gasteiger partial charge in [-0.1, -0.05) is 25.1 Å². The normalized spacial score (nSPS) is 11.6. The van der Waals surface area contributed by atoms with E-state index in [1.54, 1.807) is 12.1 Å². The number of rotatable bonds is 6. The molecule has 0 aliphatic rings. The minimum absolute atomic E-state index is 0.281. The Hall–Kier alpha value is -0.890. The van der Waals surface area contributed by atoms with Gasteiger partial charge >= 0.3 is 0 Å². The third kappa shape index (κ3) is 4.06. The van der Waals surface area contributed by atoms with Gasteiger partial charge in [-0.05, 0) is 47.1 Å². The summed E-state index contributed by atoms with van der Waals surface area (Å²) in [6, 6.07) is 9.02. The monoisotopic (exact) mass is 388 g/mol. The van der Waals surface area contributed by atoms with Crippen LogP contribution in [0.1, 0.15) is 17.4 Å². The van der Waals surface area contributed by atoms with Crippen molar-refractivity contribution >= 4 is 43.0 Å². The molecule has 0 spiro atoms. The molecule has 0 bridgehead atoms. The maximum atomic E-state index is 12.5. The molecule has 0 saturated carbocycles. The van der Waals surface area contributed by atoms with Crippen LogP contribution in [0.25, 0.3) is 0 Å². The Morgan fingerprint density at radius 2 is 2.00 bits per heavy atom. The van der Waals surface area contributed by atoms with Gasteiger partial charge in [-0.15, -0.1) is 11.3 Å². The van der Waals surface area contributed by atoms with Gasteiger partial charge in [0.25, 0.3) is 10.0 Å². The van der Waals surface area contributed by atoms with Crippen LogP contribution < -0.4 is 10.0 Å². The van der Waals surface area contributed by atoms with Gasteiger partial charge < -0.3 is 5.32 Å². The van der Waals surface area contributed by atoms with E-state index in [9.17, 15) is 8.42 Å². The lowest BCUT2D eigenvalue weighted by Gasteiger charge is -2.09. The molecule has 4 nitrogen and oxygen atoms in total. The minimum Gasteiger partial charge on any atom is -0.312 e. The van der Waals surface area contributed by atoms with Crippen molar-refractivity contribution in [3.63, 3.8) is 0 Å². The average molecular weight is 389 g/mol. The largest absolute Gasteiger partial charge is 0.312 e. The second-order valence-corrected chi connectivity index (χ2v) is 8.66. The third-order valence-corrected chi connectivity index (χ3v) is 6.55. The molecule has 0 unspecified atom stereocenters. The molecule has 114 valence electrons. The highest BCUT2D eigenvalue weighted by atomic mass is 79.9. The average Bonchev–Trinajstić information content (AvgIpc) is 2.81. The molecule has 21 heavy (non-hydrogen) atoms. The molecule has 2 aromatic rings. The van der Waals surface area contributed by atoms with Crippen molar-refractivity contribution in [1.29, 1.82) is 0 Å². The first-order chi connectivity index (χ1) is 9.94. The predicted octanol–water partition coefficient (Wildman–Crippen LogP) is 3.73. The fraction of sp³-hybridized carbons (Fsp3) is 0.286. The lowest BCUT2D eigenvalue weighted by atomic mass is 10.2. The van der Waals surface area contributed by atoms with E-state index in [0.717, 1.165) is 17.0 Å². The summed E-state index contributed by atoms with van der Waals surface area (Å²) in [4.78, 5) is 1.26. The Morgan fingerprint density at radius 1 is 1.29 bits per heavy atom. The summed E-state index contributed by atoms with van der Waals surface area (Å²) in [6.07, 6.45) is 0. The zero-order chi connectivity index (χ0) is 15.5. The number of hydrogen-bond donors (Lipinski definition) is 2. The van der Waals surface area contributed by atoms with E-state index in [1.807, 2.05) is 32.0 Å². The van der Waals surface area contributed by atoms with Gasteiger partial charge in [-0.3, -0.25) is 4.72 Å². The van der Waals surface area contributed by atoms with Crippen molar-refractivity contribution in [3.05, 3.63) is 44.6 Å². The molecular formula is C14H17BrN2O2S2. The van der Waals surface area contributed by atoms with Crippen molar-refractivity contribution < 1.29 is 8.42 Å². The van der Waals surface area contributed by atoms with Gasteiger partial charge in [0.15, 0.2) is 0 Å². The molecule has 1 aromatic heterocycles. The van der Waals surface area contributed by atoms with Crippen molar-refractivity contribution in [1.82, 2.24) is 5.32 Å². The van der Waals surface area contributed by atoms with Crippen molar-refractivity contribution in [2.45, 2.75) is 25.3 Å². The maximum absolute atomic E-state index is 12.5. The SMILES string of the molecule is CCNCc1cc(S(=O)(=O)Nc2ccccc2C)c(Br)s1. The van der Waals surface area contributed by atoms with Crippen molar-refractivity contribution in [3.8, 4) is 0 Å². The number of anilines is 1. The topological polar surface area (TPSA) is 58.2 Å². The number of para-hydroxylation sites is 1. The van der Waals surface area contributed by atoms with Gasteiger partial charge in [-0.25, -0.2) is 8.42 Å². The molecule has 1 aromatic carbocycles. The number of halogens is 1. The Morgan fingerprint density at radius 3 is 2.67 bits per heavy atom. The van der Waals surface area contributed by atoms with Gasteiger partial charge in [0.2, 0.25) is 0 Å². The Bertz CT molecular complexity index is 726. The smallest absolute Gasteiger partial charge is 0.263 e. The highest BCUT2D eigenvalue weighted by molar-refractivity contribution is 9.11. The van der Waals surface area contributed by atoms with Crippen LogP contribution in [0.5, 0.6) is 0 Å². The van der Waals surface area contributed by atoms with Crippen LogP contribution in [0, 0.1) is 6.92 Å². The molecule has 0 saturated heterocycles. The van der Waals surface area contributed by atoms with Crippen LogP contribution in [0.15, 0.2) is 39.0 Å². The summed E-state index contributed by atoms with van der Waals surface area (Å²) >= 11 is 4.78. The first-order valence-corrected chi connectivity index (χ1v) is 9.60. The zero-order valence-electron chi connectivity index (χ0n) is 11.8. The van der Waals surface area contributed by atoms with Crippen LogP contribution >= 0.6 is 27.3 Å². The van der Waals surface area contributed by atoms with E-state index in [-0.39, 0.29) is 4.90 Å². The van der Waals surface area contributed by atoms with Gasteiger partial charge in [0, 0.05) is 11.4 Å². The maximum Gasteiger partial charge on any atom is 0.263 e. The van der Waals surface area contributed by atoms with Crippen LogP contribution in [0.4, 0.5) is 5.69 Å². The summed E-state index contributed by atoms with van der Waals surface area (Å²) in [7, 11) is -3.58. The quantitative estimate of drug-likeness (QED) is 0.792. The molecular weight excluding hydrogens is 372 g/mol. The zero-order valence-corrected chi connectivity index (χ0v) is 15.0. The lowest BCUT2D eigenvalue weighted by molar-refractivity contribution is 0.601. The molecule has 0 aliphatic carbocycles. The van der Waals surface area contributed by atoms with Crippen LogP contribution in [-0.4, -0.2) is 15.0 Å². The Kier molecular flexibility index (Phi) is 5.43. The molecule has 0 radical (unpaired) electrons. The lowest BCUT2D eigenvalue weighted by Crippen LogP contribution is -2.14. The molecule has 0 fully saturated rings. The second-order valence-electron chi connectivity index (χ2n) is 4.55. The molecule has 2 rings (SSSR count). The van der Waals surface area contributed by atoms with E-state index >= 15 is 0 Å². The van der Waals surface area contributed by atoms with E-state index in [0.29, 0.717) is 16.0 Å². The summed E-state index contributed by atoms with van der Waals surface area (Å²) < 4.78 is 28.3. The third-order valence-electron chi connectivity index (χ3n) is 2.93. The summed E-state index contributed by atoms with van der Waals surface area (Å²) in [5.74, 6) is 0. The number of thiophene rings is 1. The van der Waals surface area contributed by atoms with Crippen LogP contribution in [-0.2, 0) is 16.6 Å². The first-order valence-electron chi connectivity index (χ1n) is 6.51. The van der Waals surface area contributed by atoms with Crippen molar-refractivity contribution in [2.24, 2.45) is 0 Å². The van der Waals surface area contributed by atoms with Gasteiger partial charge in [0.05, 0.1) is 9.47 Å². The van der Waals surface area contributed by atoms with E-state index in [4.69, 9.17) is 0 Å². The Labute approximate surface area is 137 Å². The minimum atomic E-state index is -3.58. The summed E-state index contributed by atoms with van der Waals surface area (Å²) in [5.41, 5.74) is 1.49. The summed E-state index contributed by atoms with van der Waals surface area (Å²) in [5, 5.41) is 3.19. The number of hydrogen-bond acceptors (Lipinski definition) is 4. The van der Waals surface area contributed by atoms with Crippen LogP contribution in [0.3, 0.4) is 0 Å². The van der Waals surface area contributed by atoms with Gasteiger partial charge in [-0.2, -0.15) is 0 Å². The Balaban J connectivity index is 2.27. The number of benzene rings is 1. The highest BCUT2D eigenvalue weighted by Gasteiger charge is 2.21. The highest BCUT2D eigenvalue weighted by Crippen LogP contribution is 2.33. The molecule has 2 N–H and O–H groups in total. The van der Waals surface area contributed by atoms with E-state index in [2.05, 4.69) is 26.0 Å². The number of sulfonamides is 1. The molecule has 0 atom stereocenters. The molecule has 0 aliphatic heterocycles. The molecule has 7 heteroatoms. The van der Waals surface area contributed by atoms with E-state index in [1.165, 1.54) is 11.3 Å². The number of nitrogens with one attached hydrogen (secondary N) is 2. The fourth-order valence-electron chi connectivity index (χ4n) is 1.80. The van der Waals surface area contributed by atoms with Crippen molar-refractivity contribution in [2.75, 3.05) is 11.3 Å². The first kappa shape index (κ1) is 16.5. The predicted molar refractivity (Wildman–Crippen MR) is 91.4 cm³/mol. The standard InChI is InChI=1S/C14H17BrN2O2S2/c1-3-16-9-11-8-13(14(15)20-11)21(18,19)17-12-7-5-4-6-10(12)2/h4-8,16-17H,3,9H2,1-2H3. The molecule has 0 amide bonds. The fourth-order valence-corrected chi connectivity index (χ4v) is 5.59. The summed E-state index contributed by atoms with van der Waals surface area (Å²) in [6.45, 7) is 5.40. The second kappa shape index (κ2) is 6.91. The molecule has 1 heterocycles. The number of aryl methyl sites for hydroxylation is 1. The van der Waals surface area contributed by atoms with Crippen LogP contribution in [0.2, 0.25) is 0 Å².